The molecule has 1 saturated heterocycles. The zero-order valence-corrected chi connectivity index (χ0v) is 15.7. The van der Waals surface area contributed by atoms with E-state index >= 15 is 0 Å². The number of anilines is 1. The Bertz CT molecular complexity index is 713. The largest absolute Gasteiger partial charge is 0.325 e. The van der Waals surface area contributed by atoms with Gasteiger partial charge in [0.1, 0.15) is 17.9 Å². The van der Waals surface area contributed by atoms with Gasteiger partial charge in [0.2, 0.25) is 5.91 Å². The Morgan fingerprint density at radius 1 is 1.31 bits per heavy atom. The molecule has 142 valence electrons. The van der Waals surface area contributed by atoms with Crippen LogP contribution < -0.4 is 10.6 Å². The number of rotatable bonds is 8. The molecule has 0 unspecified atom stereocenters. The summed E-state index contributed by atoms with van der Waals surface area (Å²) in [6.45, 7) is 3.28. The number of unbranched alkanes of at least 4 members (excludes halogenated alkanes) is 3. The average Bonchev–Trinajstić information content (AvgIpc) is 2.78. The maximum Gasteiger partial charge on any atom is 0.325 e. The van der Waals surface area contributed by atoms with Gasteiger partial charge in [0.05, 0.1) is 5.69 Å². The molecule has 1 heterocycles. The molecule has 2 N–H and O–H groups in total. The predicted molar refractivity (Wildman–Crippen MR) is 97.4 cm³/mol. The van der Waals surface area contributed by atoms with Gasteiger partial charge in [-0.3, -0.25) is 14.5 Å². The highest BCUT2D eigenvalue weighted by atomic mass is 35.5. The third-order valence-corrected chi connectivity index (χ3v) is 4.62. The lowest BCUT2D eigenvalue weighted by molar-refractivity contribution is -0.133. The Kier molecular flexibility index (Phi) is 6.58. The molecule has 0 saturated carbocycles. The summed E-state index contributed by atoms with van der Waals surface area (Å²) in [6.07, 6.45) is 4.45. The fraction of sp³-hybridized carbons (Fsp3) is 0.500. The van der Waals surface area contributed by atoms with Crippen LogP contribution in [0.1, 0.15) is 46.0 Å². The number of amides is 4. The van der Waals surface area contributed by atoms with Crippen molar-refractivity contribution >= 4 is 35.1 Å². The summed E-state index contributed by atoms with van der Waals surface area (Å²) in [5.41, 5.74) is -1.06. The van der Waals surface area contributed by atoms with Crippen molar-refractivity contribution < 1.29 is 18.8 Å². The van der Waals surface area contributed by atoms with Crippen LogP contribution in [0, 0.1) is 5.82 Å². The number of halogens is 2. The van der Waals surface area contributed by atoms with Gasteiger partial charge in [-0.1, -0.05) is 44.2 Å². The Hall–Kier alpha value is -2.15. The van der Waals surface area contributed by atoms with E-state index in [4.69, 9.17) is 11.6 Å². The molecule has 2 rings (SSSR count). The highest BCUT2D eigenvalue weighted by Gasteiger charge is 2.47. The van der Waals surface area contributed by atoms with Crippen LogP contribution in [0.25, 0.3) is 0 Å². The van der Waals surface area contributed by atoms with Gasteiger partial charge in [-0.25, -0.2) is 9.18 Å². The van der Waals surface area contributed by atoms with Crippen LogP contribution in [0.5, 0.6) is 0 Å². The van der Waals surface area contributed by atoms with E-state index in [0.29, 0.717) is 6.42 Å². The second-order valence-electron chi connectivity index (χ2n) is 6.64. The molecule has 0 spiro atoms. The minimum Gasteiger partial charge on any atom is -0.323 e. The van der Waals surface area contributed by atoms with Crippen molar-refractivity contribution in [3.63, 3.8) is 0 Å². The summed E-state index contributed by atoms with van der Waals surface area (Å²) in [5, 5.41) is 5.21. The lowest BCUT2D eigenvalue weighted by Crippen LogP contribution is -2.44. The number of carbonyl (C=O) groups is 3. The molecule has 0 radical (unpaired) electrons. The van der Waals surface area contributed by atoms with Crippen LogP contribution in [-0.2, 0) is 9.59 Å². The SMILES string of the molecule is CCCCCC[C@]1(C)NC(=O)N(CC(=O)Nc2ccc(Cl)cc2F)C1=O. The molecule has 1 aromatic carbocycles. The van der Waals surface area contributed by atoms with E-state index < -0.39 is 35.7 Å². The fourth-order valence-corrected chi connectivity index (χ4v) is 3.05. The van der Waals surface area contributed by atoms with Crippen molar-refractivity contribution in [1.29, 1.82) is 0 Å². The number of benzene rings is 1. The molecule has 26 heavy (non-hydrogen) atoms. The Balaban J connectivity index is 1.97. The number of hydrogen-bond donors (Lipinski definition) is 2. The van der Waals surface area contributed by atoms with Crippen LogP contribution in [0.4, 0.5) is 14.9 Å². The first kappa shape index (κ1) is 20.2. The smallest absolute Gasteiger partial charge is 0.323 e. The Morgan fingerprint density at radius 3 is 2.69 bits per heavy atom. The first-order chi connectivity index (χ1) is 12.3. The number of urea groups is 1. The predicted octanol–water partition coefficient (Wildman–Crippen LogP) is 3.70. The topological polar surface area (TPSA) is 78.5 Å². The van der Waals surface area contributed by atoms with E-state index in [1.807, 2.05) is 0 Å². The highest BCUT2D eigenvalue weighted by molar-refractivity contribution is 6.30. The molecular formula is C18H23ClFN3O3. The van der Waals surface area contributed by atoms with Crippen LogP contribution in [-0.4, -0.2) is 34.8 Å². The van der Waals surface area contributed by atoms with Crippen LogP contribution in [0.2, 0.25) is 5.02 Å². The van der Waals surface area contributed by atoms with E-state index in [-0.39, 0.29) is 10.7 Å². The van der Waals surface area contributed by atoms with E-state index in [9.17, 15) is 18.8 Å². The zero-order valence-electron chi connectivity index (χ0n) is 14.9. The second-order valence-corrected chi connectivity index (χ2v) is 7.07. The third kappa shape index (κ3) is 4.72. The van der Waals surface area contributed by atoms with Gasteiger partial charge in [0.15, 0.2) is 0 Å². The van der Waals surface area contributed by atoms with Crippen LogP contribution in [0.15, 0.2) is 18.2 Å². The van der Waals surface area contributed by atoms with Gasteiger partial charge in [-0.15, -0.1) is 0 Å². The molecule has 1 aliphatic rings. The normalized spacial score (nSPS) is 19.6. The number of carbonyl (C=O) groups excluding carboxylic acids is 3. The minimum atomic E-state index is -1.00. The molecule has 0 bridgehead atoms. The molecule has 4 amide bonds. The molecule has 1 aromatic rings. The van der Waals surface area contributed by atoms with Crippen LogP contribution >= 0.6 is 11.6 Å². The molecule has 8 heteroatoms. The Labute approximate surface area is 157 Å². The monoisotopic (exact) mass is 383 g/mol. The fourth-order valence-electron chi connectivity index (χ4n) is 2.89. The maximum absolute atomic E-state index is 13.7. The average molecular weight is 384 g/mol. The summed E-state index contributed by atoms with van der Waals surface area (Å²) in [7, 11) is 0. The van der Waals surface area contributed by atoms with Gasteiger partial charge < -0.3 is 10.6 Å². The van der Waals surface area contributed by atoms with Crippen molar-refractivity contribution in [3.05, 3.63) is 29.0 Å². The van der Waals surface area contributed by atoms with E-state index in [2.05, 4.69) is 17.6 Å². The highest BCUT2D eigenvalue weighted by Crippen LogP contribution is 2.24. The first-order valence-corrected chi connectivity index (χ1v) is 9.03. The molecule has 6 nitrogen and oxygen atoms in total. The number of hydrogen-bond acceptors (Lipinski definition) is 3. The lowest BCUT2D eigenvalue weighted by atomic mass is 9.94. The molecule has 1 fully saturated rings. The van der Waals surface area contributed by atoms with Crippen molar-refractivity contribution in [2.24, 2.45) is 0 Å². The second kappa shape index (κ2) is 8.49. The molecular weight excluding hydrogens is 361 g/mol. The maximum atomic E-state index is 13.7. The van der Waals surface area contributed by atoms with E-state index in [1.54, 1.807) is 6.92 Å². The van der Waals surface area contributed by atoms with Gasteiger partial charge >= 0.3 is 6.03 Å². The van der Waals surface area contributed by atoms with Crippen molar-refractivity contribution in [2.45, 2.75) is 51.5 Å². The number of nitrogens with zero attached hydrogens (tertiary/aromatic N) is 1. The van der Waals surface area contributed by atoms with Crippen molar-refractivity contribution in [1.82, 2.24) is 10.2 Å². The molecule has 0 aromatic heterocycles. The van der Waals surface area contributed by atoms with E-state index in [1.165, 1.54) is 12.1 Å². The Morgan fingerprint density at radius 2 is 2.04 bits per heavy atom. The van der Waals surface area contributed by atoms with Crippen LogP contribution in [0.3, 0.4) is 0 Å². The van der Waals surface area contributed by atoms with E-state index in [0.717, 1.165) is 36.6 Å². The molecule has 1 aliphatic heterocycles. The van der Waals surface area contributed by atoms with Gasteiger partial charge in [0.25, 0.3) is 5.91 Å². The summed E-state index contributed by atoms with van der Waals surface area (Å²) in [6, 6.07) is 3.21. The molecule has 0 aliphatic carbocycles. The number of imide groups is 1. The lowest BCUT2D eigenvalue weighted by Gasteiger charge is -2.21. The summed E-state index contributed by atoms with van der Waals surface area (Å²) in [4.78, 5) is 37.7. The first-order valence-electron chi connectivity index (χ1n) is 8.66. The van der Waals surface area contributed by atoms with Crippen molar-refractivity contribution in [2.75, 3.05) is 11.9 Å². The van der Waals surface area contributed by atoms with Gasteiger partial charge in [0, 0.05) is 5.02 Å². The number of nitrogens with one attached hydrogen (secondary N) is 2. The van der Waals surface area contributed by atoms with Gasteiger partial charge in [-0.05, 0) is 31.5 Å². The standard InChI is InChI=1S/C18H23ClFN3O3/c1-3-4-5-6-9-18(2)16(25)23(17(26)22-18)11-15(24)21-14-8-7-12(19)10-13(14)20/h7-8,10H,3-6,9,11H2,1-2H3,(H,21,24)(H,22,26)/t18-/m0/s1. The third-order valence-electron chi connectivity index (χ3n) is 4.38. The molecule has 1 atom stereocenters. The zero-order chi connectivity index (χ0) is 19.3. The summed E-state index contributed by atoms with van der Waals surface area (Å²) in [5.74, 6) is -1.79. The van der Waals surface area contributed by atoms with Crippen molar-refractivity contribution in [3.8, 4) is 0 Å². The van der Waals surface area contributed by atoms with Gasteiger partial charge in [-0.2, -0.15) is 0 Å². The minimum absolute atomic E-state index is 0.0613. The quantitative estimate of drug-likeness (QED) is 0.530. The summed E-state index contributed by atoms with van der Waals surface area (Å²) < 4.78 is 13.7. The summed E-state index contributed by atoms with van der Waals surface area (Å²) >= 11 is 5.66.